The van der Waals surface area contributed by atoms with Gasteiger partial charge in [0, 0.05) is 0 Å². The van der Waals surface area contributed by atoms with E-state index in [0.29, 0.717) is 0 Å². The maximum absolute atomic E-state index is 5.57. The zero-order chi connectivity index (χ0) is 11.0. The summed E-state index contributed by atoms with van der Waals surface area (Å²) in [6, 6.07) is 6.29. The highest BCUT2D eigenvalue weighted by Crippen LogP contribution is 2.18. The smallest absolute Gasteiger partial charge is 0.122 e. The summed E-state index contributed by atoms with van der Waals surface area (Å²) < 4.78 is 5.57. The average Bonchev–Trinajstić information content (AvgIpc) is 2.22. The van der Waals surface area contributed by atoms with Crippen molar-refractivity contribution >= 4 is 0 Å². The van der Waals surface area contributed by atoms with Crippen LogP contribution in [0.2, 0.25) is 0 Å². The van der Waals surface area contributed by atoms with E-state index in [2.05, 4.69) is 39.0 Å². The Morgan fingerprint density at radius 1 is 1.14 bits per heavy atom. The molecule has 1 aromatic carbocycles. The Morgan fingerprint density at radius 3 is 2.36 bits per heavy atom. The molecule has 0 heterocycles. The highest BCUT2D eigenvalue weighted by Gasteiger charge is 1.97. The quantitative estimate of drug-likeness (QED) is 0.703. The van der Waals surface area contributed by atoms with Crippen LogP contribution in [0.15, 0.2) is 18.2 Å². The molecule has 0 saturated heterocycles. The molecule has 0 aliphatic rings. The van der Waals surface area contributed by atoms with Crippen molar-refractivity contribution < 1.29 is 4.74 Å². The summed E-state index contributed by atoms with van der Waals surface area (Å²) in [5.41, 5.74) is 2.47. The van der Waals surface area contributed by atoms with Crippen LogP contribution < -0.4 is 4.74 Å². The van der Waals surface area contributed by atoms with Crippen molar-refractivity contribution in [3.05, 3.63) is 29.3 Å². The lowest BCUT2D eigenvalue weighted by Gasteiger charge is -2.08. The Kier molecular flexibility index (Phi) is 6.91. The average molecular weight is 194 g/mol. The van der Waals surface area contributed by atoms with E-state index >= 15 is 0 Å². The zero-order valence-electron chi connectivity index (χ0n) is 10.1. The minimum atomic E-state index is 0.810. The van der Waals surface area contributed by atoms with Crippen LogP contribution >= 0.6 is 0 Å². The molecule has 0 aromatic heterocycles. The second-order valence-electron chi connectivity index (χ2n) is 3.12. The second-order valence-corrected chi connectivity index (χ2v) is 3.12. The molecule has 0 atom stereocenters. The molecule has 1 rings (SSSR count). The topological polar surface area (TPSA) is 9.23 Å². The van der Waals surface area contributed by atoms with Gasteiger partial charge >= 0.3 is 0 Å². The summed E-state index contributed by atoms with van der Waals surface area (Å²) in [5, 5.41) is 0. The third-order valence-electron chi connectivity index (χ3n) is 1.81. The molecule has 0 bridgehead atoms. The van der Waals surface area contributed by atoms with Crippen molar-refractivity contribution in [1.29, 1.82) is 0 Å². The van der Waals surface area contributed by atoms with Crippen molar-refractivity contribution in [2.45, 2.75) is 41.0 Å². The molecule has 1 heteroatoms. The largest absolute Gasteiger partial charge is 0.493 e. The van der Waals surface area contributed by atoms with Gasteiger partial charge in [-0.1, -0.05) is 32.9 Å². The lowest BCUT2D eigenvalue weighted by molar-refractivity contribution is 0.315. The number of hydrogen-bond donors (Lipinski definition) is 0. The number of aryl methyl sites for hydroxylation is 2. The molecule has 0 radical (unpaired) electrons. The van der Waals surface area contributed by atoms with E-state index in [1.807, 2.05) is 13.8 Å². The van der Waals surface area contributed by atoms with Gasteiger partial charge in [0.25, 0.3) is 0 Å². The molecule has 1 nitrogen and oxygen atoms in total. The number of rotatable bonds is 3. The fourth-order valence-corrected chi connectivity index (χ4v) is 1.07. The Labute approximate surface area is 88.1 Å². The Bertz CT molecular complexity index is 253. The fourth-order valence-electron chi connectivity index (χ4n) is 1.07. The predicted octanol–water partition coefficient (Wildman–Crippen LogP) is 4.12. The van der Waals surface area contributed by atoms with Crippen LogP contribution in [0.3, 0.4) is 0 Å². The molecule has 0 aliphatic heterocycles. The third kappa shape index (κ3) is 4.31. The summed E-state index contributed by atoms with van der Waals surface area (Å²) in [6.45, 7) is 11.1. The normalized spacial score (nSPS) is 8.93. The van der Waals surface area contributed by atoms with E-state index in [1.165, 1.54) is 11.1 Å². The molecule has 0 amide bonds. The predicted molar refractivity (Wildman–Crippen MR) is 63.1 cm³/mol. The van der Waals surface area contributed by atoms with Crippen LogP contribution in [-0.4, -0.2) is 6.61 Å². The summed E-state index contributed by atoms with van der Waals surface area (Å²) in [5.74, 6) is 1.02. The van der Waals surface area contributed by atoms with Crippen LogP contribution in [0.4, 0.5) is 0 Å². The molecule has 0 saturated carbocycles. The summed E-state index contributed by atoms with van der Waals surface area (Å²) >= 11 is 0. The van der Waals surface area contributed by atoms with Crippen molar-refractivity contribution in [3.8, 4) is 5.75 Å². The fraction of sp³-hybridized carbons (Fsp3) is 0.538. The Morgan fingerprint density at radius 2 is 1.79 bits per heavy atom. The van der Waals surface area contributed by atoms with Gasteiger partial charge in [0.15, 0.2) is 0 Å². The van der Waals surface area contributed by atoms with Crippen LogP contribution in [0, 0.1) is 13.8 Å². The highest BCUT2D eigenvalue weighted by molar-refractivity contribution is 5.35. The maximum atomic E-state index is 5.57. The number of hydrogen-bond acceptors (Lipinski definition) is 1. The molecular weight excluding hydrogens is 172 g/mol. The molecule has 0 spiro atoms. The molecule has 0 N–H and O–H groups in total. The van der Waals surface area contributed by atoms with Gasteiger partial charge in [-0.25, -0.2) is 0 Å². The lowest BCUT2D eigenvalue weighted by Crippen LogP contribution is -1.96. The zero-order valence-corrected chi connectivity index (χ0v) is 10.1. The first kappa shape index (κ1) is 13.0. The van der Waals surface area contributed by atoms with Gasteiger partial charge in [-0.3, -0.25) is 0 Å². The molecule has 80 valence electrons. The van der Waals surface area contributed by atoms with Crippen LogP contribution in [0.1, 0.15) is 38.3 Å². The summed E-state index contributed by atoms with van der Waals surface area (Å²) in [7, 11) is 0. The van der Waals surface area contributed by atoms with Crippen molar-refractivity contribution in [2.24, 2.45) is 0 Å². The molecular formula is C13H22O. The first-order chi connectivity index (χ1) is 6.74. The van der Waals surface area contributed by atoms with Gasteiger partial charge in [0.05, 0.1) is 6.61 Å². The standard InChI is InChI=1S/C11H16O.C2H6/c1-4-7-12-11-8-9(2)5-6-10(11)3;1-2/h5-6,8H,4,7H2,1-3H3;1-2H3. The van der Waals surface area contributed by atoms with Gasteiger partial charge in [-0.15, -0.1) is 0 Å². The van der Waals surface area contributed by atoms with E-state index in [9.17, 15) is 0 Å². The van der Waals surface area contributed by atoms with Crippen LogP contribution in [-0.2, 0) is 0 Å². The van der Waals surface area contributed by atoms with E-state index in [-0.39, 0.29) is 0 Å². The molecule has 14 heavy (non-hydrogen) atoms. The van der Waals surface area contributed by atoms with Crippen LogP contribution in [0.5, 0.6) is 5.75 Å². The van der Waals surface area contributed by atoms with Crippen molar-refractivity contribution in [1.82, 2.24) is 0 Å². The van der Waals surface area contributed by atoms with Gasteiger partial charge in [-0.05, 0) is 37.5 Å². The van der Waals surface area contributed by atoms with E-state index in [0.717, 1.165) is 18.8 Å². The first-order valence-electron chi connectivity index (χ1n) is 5.44. The van der Waals surface area contributed by atoms with E-state index in [1.54, 1.807) is 0 Å². The molecule has 1 aromatic rings. The highest BCUT2D eigenvalue weighted by atomic mass is 16.5. The third-order valence-corrected chi connectivity index (χ3v) is 1.81. The van der Waals surface area contributed by atoms with Crippen molar-refractivity contribution in [2.75, 3.05) is 6.61 Å². The molecule has 0 aliphatic carbocycles. The minimum absolute atomic E-state index is 0.810. The second kappa shape index (κ2) is 7.43. The van der Waals surface area contributed by atoms with Gasteiger partial charge in [0.1, 0.15) is 5.75 Å². The summed E-state index contributed by atoms with van der Waals surface area (Å²) in [4.78, 5) is 0. The molecule has 0 unspecified atom stereocenters. The Balaban J connectivity index is 0.000000791. The van der Waals surface area contributed by atoms with Gasteiger partial charge in [-0.2, -0.15) is 0 Å². The maximum Gasteiger partial charge on any atom is 0.122 e. The van der Waals surface area contributed by atoms with Gasteiger partial charge in [0.2, 0.25) is 0 Å². The Hall–Kier alpha value is -0.980. The van der Waals surface area contributed by atoms with Gasteiger partial charge < -0.3 is 4.74 Å². The SMILES string of the molecule is CC.CCCOc1cc(C)ccc1C. The van der Waals surface area contributed by atoms with Crippen molar-refractivity contribution in [3.63, 3.8) is 0 Å². The van der Waals surface area contributed by atoms with E-state index in [4.69, 9.17) is 4.74 Å². The minimum Gasteiger partial charge on any atom is -0.493 e. The summed E-state index contributed by atoms with van der Waals surface area (Å²) in [6.07, 6.45) is 1.06. The molecule has 0 fully saturated rings. The number of ether oxygens (including phenoxy) is 1. The lowest BCUT2D eigenvalue weighted by atomic mass is 10.1. The van der Waals surface area contributed by atoms with E-state index < -0.39 is 0 Å². The van der Waals surface area contributed by atoms with Crippen LogP contribution in [0.25, 0.3) is 0 Å². The first-order valence-corrected chi connectivity index (χ1v) is 5.44. The monoisotopic (exact) mass is 194 g/mol. The number of benzene rings is 1.